The van der Waals surface area contributed by atoms with E-state index in [1.165, 1.54) is 18.7 Å². The summed E-state index contributed by atoms with van der Waals surface area (Å²) in [5.74, 6) is 0.805. The summed E-state index contributed by atoms with van der Waals surface area (Å²) in [5.41, 5.74) is 2.32. The Hall–Kier alpha value is -0.650. The Labute approximate surface area is 116 Å². The number of ether oxygens (including phenoxy) is 1. The number of pyridine rings is 1. The van der Waals surface area contributed by atoms with Gasteiger partial charge in [-0.15, -0.1) is 0 Å². The molecule has 0 bridgehead atoms. The lowest BCUT2D eigenvalue weighted by atomic mass is 10.1. The van der Waals surface area contributed by atoms with Gasteiger partial charge in [0.2, 0.25) is 0 Å². The number of aromatic nitrogens is 1. The molecule has 0 amide bonds. The molecule has 0 aliphatic carbocycles. The normalized spacial score (nSPS) is 26.7. The fraction of sp³-hybridized carbons (Fsp3) is 0.615. The molecule has 1 aromatic heterocycles. The second-order valence-corrected chi connectivity index (χ2v) is 5.84. The average molecular weight is 312 g/mol. The number of methoxy groups -OCH3 is 1. The van der Waals surface area contributed by atoms with E-state index in [1.54, 1.807) is 7.11 Å². The molecule has 1 N–H and O–H groups in total. The van der Waals surface area contributed by atoms with Gasteiger partial charge in [0.15, 0.2) is 0 Å². The fourth-order valence-electron chi connectivity index (χ4n) is 2.97. The largest absolute Gasteiger partial charge is 0.380 e. The van der Waals surface area contributed by atoms with E-state index in [0.29, 0.717) is 12.6 Å². The Bertz CT molecular complexity index is 428. The second-order valence-electron chi connectivity index (χ2n) is 5.09. The molecule has 2 fully saturated rings. The van der Waals surface area contributed by atoms with Crippen LogP contribution in [0.5, 0.6) is 0 Å². The molecule has 3 rings (SSSR count). The maximum absolute atomic E-state index is 5.20. The van der Waals surface area contributed by atoms with E-state index in [9.17, 15) is 0 Å². The van der Waals surface area contributed by atoms with Crippen LogP contribution in [-0.4, -0.2) is 37.8 Å². The Morgan fingerprint density at radius 3 is 3.22 bits per heavy atom. The number of hydrogen-bond donors (Lipinski definition) is 1. The van der Waals surface area contributed by atoms with E-state index in [4.69, 9.17) is 4.74 Å². The molecule has 1 aromatic rings. The number of fused-ring (bicyclic) bond motifs is 1. The predicted molar refractivity (Wildman–Crippen MR) is 74.8 cm³/mol. The van der Waals surface area contributed by atoms with Crippen LogP contribution in [0.1, 0.15) is 12.0 Å². The molecule has 0 spiro atoms. The lowest BCUT2D eigenvalue weighted by molar-refractivity contribution is 0.184. The lowest BCUT2D eigenvalue weighted by Crippen LogP contribution is -2.30. The third-order valence-corrected chi connectivity index (χ3v) is 4.64. The van der Waals surface area contributed by atoms with E-state index in [0.717, 1.165) is 29.2 Å². The average Bonchev–Trinajstić information content (AvgIpc) is 2.92. The highest BCUT2D eigenvalue weighted by atomic mass is 79.9. The molecule has 98 valence electrons. The maximum Gasteiger partial charge on any atom is 0.111 e. The standard InChI is InChI=1S/C13H18BrN3O/c1-18-8-10-4-11(5-16-13(10)14)17-6-9-2-3-15-12(9)7-17/h4-5,9,12,15H,2-3,6-8H2,1H3/t9-,12+/m1/s1. The predicted octanol–water partition coefficient (Wildman–Crippen LogP) is 1.79. The van der Waals surface area contributed by atoms with Gasteiger partial charge < -0.3 is 15.0 Å². The van der Waals surface area contributed by atoms with Crippen LogP contribution in [-0.2, 0) is 11.3 Å². The molecule has 3 heterocycles. The van der Waals surface area contributed by atoms with Crippen LogP contribution in [0.15, 0.2) is 16.9 Å². The molecule has 2 saturated heterocycles. The number of hydrogen-bond acceptors (Lipinski definition) is 4. The van der Waals surface area contributed by atoms with Crippen molar-refractivity contribution in [3.8, 4) is 0 Å². The van der Waals surface area contributed by atoms with E-state index in [1.807, 2.05) is 6.20 Å². The molecule has 0 radical (unpaired) electrons. The van der Waals surface area contributed by atoms with Gasteiger partial charge in [0.05, 0.1) is 18.5 Å². The first-order valence-corrected chi connectivity index (χ1v) is 7.19. The van der Waals surface area contributed by atoms with Gasteiger partial charge in [0.1, 0.15) is 4.60 Å². The maximum atomic E-state index is 5.20. The molecule has 2 atom stereocenters. The first-order valence-electron chi connectivity index (χ1n) is 6.39. The Balaban J connectivity index is 1.78. The van der Waals surface area contributed by atoms with Gasteiger partial charge in [-0.1, -0.05) is 0 Å². The minimum atomic E-state index is 0.598. The van der Waals surface area contributed by atoms with Crippen molar-refractivity contribution in [1.82, 2.24) is 10.3 Å². The summed E-state index contributed by atoms with van der Waals surface area (Å²) in [6.07, 6.45) is 3.25. The van der Waals surface area contributed by atoms with Crippen molar-refractivity contribution in [2.75, 3.05) is 31.6 Å². The number of halogens is 1. The van der Waals surface area contributed by atoms with Gasteiger partial charge in [-0.05, 0) is 40.9 Å². The van der Waals surface area contributed by atoms with Gasteiger partial charge in [-0.3, -0.25) is 0 Å². The van der Waals surface area contributed by atoms with E-state index >= 15 is 0 Å². The first-order chi connectivity index (χ1) is 8.78. The number of nitrogens with one attached hydrogen (secondary N) is 1. The minimum Gasteiger partial charge on any atom is -0.380 e. The van der Waals surface area contributed by atoms with E-state index < -0.39 is 0 Å². The molecular formula is C13H18BrN3O. The molecule has 0 saturated carbocycles. The minimum absolute atomic E-state index is 0.598. The van der Waals surface area contributed by atoms with Gasteiger partial charge >= 0.3 is 0 Å². The van der Waals surface area contributed by atoms with Crippen LogP contribution in [0, 0.1) is 5.92 Å². The quantitative estimate of drug-likeness (QED) is 0.864. The zero-order valence-electron chi connectivity index (χ0n) is 10.5. The highest BCUT2D eigenvalue weighted by molar-refractivity contribution is 9.10. The van der Waals surface area contributed by atoms with E-state index in [2.05, 4.69) is 37.2 Å². The highest BCUT2D eigenvalue weighted by Crippen LogP contribution is 2.30. The molecule has 0 aromatic carbocycles. The zero-order chi connectivity index (χ0) is 12.5. The summed E-state index contributed by atoms with van der Waals surface area (Å²) in [4.78, 5) is 6.84. The van der Waals surface area contributed by atoms with Crippen molar-refractivity contribution >= 4 is 21.6 Å². The SMILES string of the molecule is COCc1cc(N2C[C@H]3CCN[C@H]3C2)cnc1Br. The molecule has 2 aliphatic heterocycles. The second kappa shape index (κ2) is 5.15. The van der Waals surface area contributed by atoms with Crippen LogP contribution in [0.3, 0.4) is 0 Å². The number of rotatable bonds is 3. The first kappa shape index (κ1) is 12.4. The molecule has 5 heteroatoms. The Morgan fingerprint density at radius 1 is 1.56 bits per heavy atom. The molecule has 18 heavy (non-hydrogen) atoms. The monoisotopic (exact) mass is 311 g/mol. The molecule has 0 unspecified atom stereocenters. The molecule has 2 aliphatic rings. The number of nitrogens with zero attached hydrogens (tertiary/aromatic N) is 2. The van der Waals surface area contributed by atoms with Crippen molar-refractivity contribution in [3.05, 3.63) is 22.4 Å². The van der Waals surface area contributed by atoms with Crippen LogP contribution < -0.4 is 10.2 Å². The summed E-state index contributed by atoms with van der Waals surface area (Å²) in [6, 6.07) is 2.85. The Morgan fingerprint density at radius 2 is 2.44 bits per heavy atom. The summed E-state index contributed by atoms with van der Waals surface area (Å²) in [7, 11) is 1.71. The lowest BCUT2D eigenvalue weighted by Gasteiger charge is -2.20. The van der Waals surface area contributed by atoms with Gasteiger partial charge in [0.25, 0.3) is 0 Å². The molecule has 4 nitrogen and oxygen atoms in total. The smallest absolute Gasteiger partial charge is 0.111 e. The third-order valence-electron chi connectivity index (χ3n) is 3.92. The van der Waals surface area contributed by atoms with E-state index in [-0.39, 0.29) is 0 Å². The van der Waals surface area contributed by atoms with Gasteiger partial charge in [-0.25, -0.2) is 4.98 Å². The van der Waals surface area contributed by atoms with Gasteiger partial charge in [-0.2, -0.15) is 0 Å². The highest BCUT2D eigenvalue weighted by Gasteiger charge is 2.36. The topological polar surface area (TPSA) is 37.4 Å². The van der Waals surface area contributed by atoms with Crippen LogP contribution in [0.4, 0.5) is 5.69 Å². The molecular weight excluding hydrogens is 294 g/mol. The van der Waals surface area contributed by atoms with Crippen molar-refractivity contribution < 1.29 is 4.74 Å². The van der Waals surface area contributed by atoms with Crippen molar-refractivity contribution in [3.63, 3.8) is 0 Å². The van der Waals surface area contributed by atoms with Crippen LogP contribution in [0.2, 0.25) is 0 Å². The zero-order valence-corrected chi connectivity index (χ0v) is 12.1. The summed E-state index contributed by atoms with van der Waals surface area (Å²) in [5, 5.41) is 3.57. The van der Waals surface area contributed by atoms with Crippen LogP contribution in [0.25, 0.3) is 0 Å². The summed E-state index contributed by atoms with van der Waals surface area (Å²) >= 11 is 3.47. The third kappa shape index (κ3) is 2.27. The summed E-state index contributed by atoms with van der Waals surface area (Å²) < 4.78 is 6.08. The summed E-state index contributed by atoms with van der Waals surface area (Å²) in [6.45, 7) is 4.02. The van der Waals surface area contributed by atoms with Crippen LogP contribution >= 0.6 is 15.9 Å². The fourth-order valence-corrected chi connectivity index (χ4v) is 3.30. The van der Waals surface area contributed by atoms with Crippen molar-refractivity contribution in [2.45, 2.75) is 19.1 Å². The van der Waals surface area contributed by atoms with Crippen molar-refractivity contribution in [2.24, 2.45) is 5.92 Å². The number of anilines is 1. The Kier molecular flexibility index (Phi) is 3.54. The van der Waals surface area contributed by atoms with Crippen molar-refractivity contribution in [1.29, 1.82) is 0 Å². The van der Waals surface area contributed by atoms with Gasteiger partial charge in [0, 0.05) is 31.8 Å².